The fraction of sp³-hybridized carbons (Fsp3) is 0.286. The number of amides is 1. The van der Waals surface area contributed by atoms with Crippen molar-refractivity contribution < 1.29 is 4.79 Å². The lowest BCUT2D eigenvalue weighted by Crippen LogP contribution is -2.31. The van der Waals surface area contributed by atoms with Crippen LogP contribution in [0.5, 0.6) is 0 Å². The normalized spacial score (nSPS) is 10.5. The Kier molecular flexibility index (Phi) is 7.38. The van der Waals surface area contributed by atoms with E-state index in [0.717, 1.165) is 32.5 Å². The van der Waals surface area contributed by atoms with E-state index in [2.05, 4.69) is 31.2 Å². The summed E-state index contributed by atoms with van der Waals surface area (Å²) in [6, 6.07) is 9.98. The van der Waals surface area contributed by atoms with E-state index >= 15 is 0 Å². The standard InChI is InChI=1S/C21H23BrN4O.ClH/c1-5-26(6-2)21(27)16-12-23-20-15(9-8-14(4)24-20)19(16)25-18-10-7-13(3)11-17(18)22;/h7-12H,5-6H2,1-4H3,(H,23,24,25);1H. The Hall–Kier alpha value is -2.18. The number of carbonyl (C=O) groups excluding carboxylic acids is 1. The maximum Gasteiger partial charge on any atom is 0.257 e. The summed E-state index contributed by atoms with van der Waals surface area (Å²) < 4.78 is 0.939. The molecule has 1 N–H and O–H groups in total. The monoisotopic (exact) mass is 462 g/mol. The third kappa shape index (κ3) is 4.45. The molecule has 0 saturated heterocycles. The van der Waals surface area contributed by atoms with Gasteiger partial charge in [-0.25, -0.2) is 9.97 Å². The summed E-state index contributed by atoms with van der Waals surface area (Å²) in [7, 11) is 0. The van der Waals surface area contributed by atoms with Gasteiger partial charge in [0.15, 0.2) is 5.65 Å². The smallest absolute Gasteiger partial charge is 0.257 e. The van der Waals surface area contributed by atoms with Crippen molar-refractivity contribution in [2.24, 2.45) is 0 Å². The number of halogens is 2. The highest BCUT2D eigenvalue weighted by atomic mass is 79.9. The summed E-state index contributed by atoms with van der Waals surface area (Å²) in [4.78, 5) is 23.8. The topological polar surface area (TPSA) is 58.1 Å². The van der Waals surface area contributed by atoms with Gasteiger partial charge in [0.25, 0.3) is 5.91 Å². The first kappa shape index (κ1) is 22.1. The molecule has 0 radical (unpaired) electrons. The quantitative estimate of drug-likeness (QED) is 0.530. The van der Waals surface area contributed by atoms with Crippen molar-refractivity contribution in [3.63, 3.8) is 0 Å². The van der Waals surface area contributed by atoms with Gasteiger partial charge in [0.1, 0.15) is 0 Å². The van der Waals surface area contributed by atoms with Crippen LogP contribution in [0.4, 0.5) is 11.4 Å². The maximum absolute atomic E-state index is 13.1. The number of benzene rings is 1. The number of nitrogens with one attached hydrogen (secondary N) is 1. The van der Waals surface area contributed by atoms with E-state index in [1.165, 1.54) is 0 Å². The summed E-state index contributed by atoms with van der Waals surface area (Å²) in [5.74, 6) is -0.0410. The predicted octanol–water partition coefficient (Wildman–Crippen LogP) is 5.66. The van der Waals surface area contributed by atoms with Crippen molar-refractivity contribution in [3.8, 4) is 0 Å². The second-order valence-electron chi connectivity index (χ2n) is 6.46. The van der Waals surface area contributed by atoms with Crippen LogP contribution in [-0.2, 0) is 0 Å². The number of carbonyl (C=O) groups is 1. The zero-order valence-electron chi connectivity index (χ0n) is 16.4. The molecular formula is C21H24BrClN4O. The summed E-state index contributed by atoms with van der Waals surface area (Å²) in [6.07, 6.45) is 1.62. The Balaban J connectivity index is 0.00000280. The van der Waals surface area contributed by atoms with Gasteiger partial charge in [0, 0.05) is 34.8 Å². The van der Waals surface area contributed by atoms with E-state index in [1.807, 2.05) is 58.0 Å². The molecule has 1 amide bonds. The largest absolute Gasteiger partial charge is 0.353 e. The Morgan fingerprint density at radius 2 is 1.86 bits per heavy atom. The molecule has 2 heterocycles. The number of anilines is 2. The molecule has 3 aromatic rings. The molecule has 0 aliphatic heterocycles. The SMILES string of the molecule is CCN(CC)C(=O)c1cnc2nc(C)ccc2c1Nc1ccc(C)cc1Br.Cl. The fourth-order valence-corrected chi connectivity index (χ4v) is 3.60. The van der Waals surface area contributed by atoms with E-state index in [1.54, 1.807) is 11.1 Å². The number of nitrogens with zero attached hydrogens (tertiary/aromatic N) is 3. The minimum Gasteiger partial charge on any atom is -0.353 e. The number of hydrogen-bond acceptors (Lipinski definition) is 4. The zero-order chi connectivity index (χ0) is 19.6. The number of hydrogen-bond donors (Lipinski definition) is 1. The first-order valence-electron chi connectivity index (χ1n) is 9.03. The number of rotatable bonds is 5. The van der Waals surface area contributed by atoms with Crippen molar-refractivity contribution >= 4 is 56.7 Å². The Morgan fingerprint density at radius 3 is 2.50 bits per heavy atom. The maximum atomic E-state index is 13.1. The van der Waals surface area contributed by atoms with Gasteiger partial charge >= 0.3 is 0 Å². The molecule has 0 bridgehead atoms. The zero-order valence-corrected chi connectivity index (χ0v) is 18.8. The van der Waals surface area contributed by atoms with Crippen molar-refractivity contribution in [2.75, 3.05) is 18.4 Å². The summed E-state index contributed by atoms with van der Waals surface area (Å²) >= 11 is 3.61. The summed E-state index contributed by atoms with van der Waals surface area (Å²) in [5, 5.41) is 4.27. The second kappa shape index (κ2) is 9.34. The molecule has 5 nitrogen and oxygen atoms in total. The summed E-state index contributed by atoms with van der Waals surface area (Å²) in [5.41, 5.74) is 4.83. The van der Waals surface area contributed by atoms with Gasteiger partial charge in [-0.1, -0.05) is 6.07 Å². The van der Waals surface area contributed by atoms with Crippen LogP contribution >= 0.6 is 28.3 Å². The average molecular weight is 464 g/mol. The van der Waals surface area contributed by atoms with Gasteiger partial charge in [-0.05, 0) is 73.5 Å². The summed E-state index contributed by atoms with van der Waals surface area (Å²) in [6.45, 7) is 9.22. The van der Waals surface area contributed by atoms with Crippen LogP contribution in [0.1, 0.15) is 35.5 Å². The first-order valence-corrected chi connectivity index (χ1v) is 9.82. The van der Waals surface area contributed by atoms with E-state index in [0.29, 0.717) is 24.3 Å². The molecule has 1 aromatic carbocycles. The number of aromatic nitrogens is 2. The number of aryl methyl sites for hydroxylation is 2. The van der Waals surface area contributed by atoms with Crippen LogP contribution in [0.2, 0.25) is 0 Å². The van der Waals surface area contributed by atoms with Crippen molar-refractivity contribution in [3.05, 3.63) is 57.8 Å². The molecular weight excluding hydrogens is 440 g/mol. The van der Waals surface area contributed by atoms with E-state index < -0.39 is 0 Å². The average Bonchev–Trinajstić information content (AvgIpc) is 2.64. The fourth-order valence-electron chi connectivity index (χ4n) is 3.01. The first-order chi connectivity index (χ1) is 12.9. The van der Waals surface area contributed by atoms with Gasteiger partial charge in [0.2, 0.25) is 0 Å². The lowest BCUT2D eigenvalue weighted by Gasteiger charge is -2.22. The molecule has 7 heteroatoms. The Morgan fingerprint density at radius 1 is 1.14 bits per heavy atom. The van der Waals surface area contributed by atoms with Gasteiger partial charge in [0.05, 0.1) is 16.9 Å². The molecule has 3 rings (SSSR count). The lowest BCUT2D eigenvalue weighted by atomic mass is 10.1. The molecule has 0 atom stereocenters. The highest BCUT2D eigenvalue weighted by Crippen LogP contribution is 2.33. The molecule has 0 aliphatic carbocycles. The molecule has 0 fully saturated rings. The van der Waals surface area contributed by atoms with Gasteiger partial charge in [-0.3, -0.25) is 4.79 Å². The minimum atomic E-state index is -0.0410. The minimum absolute atomic E-state index is 0. The van der Waals surface area contributed by atoms with Crippen LogP contribution in [0.3, 0.4) is 0 Å². The highest BCUT2D eigenvalue weighted by molar-refractivity contribution is 9.10. The third-order valence-corrected chi connectivity index (χ3v) is 5.19. The molecule has 28 heavy (non-hydrogen) atoms. The molecule has 0 aliphatic rings. The van der Waals surface area contributed by atoms with Crippen LogP contribution in [-0.4, -0.2) is 33.9 Å². The third-order valence-electron chi connectivity index (χ3n) is 4.53. The second-order valence-corrected chi connectivity index (χ2v) is 7.31. The molecule has 0 saturated carbocycles. The van der Waals surface area contributed by atoms with Crippen LogP contribution in [0, 0.1) is 13.8 Å². The molecule has 148 valence electrons. The Labute approximate surface area is 180 Å². The van der Waals surface area contributed by atoms with Crippen LogP contribution in [0.25, 0.3) is 11.0 Å². The van der Waals surface area contributed by atoms with Crippen LogP contribution < -0.4 is 5.32 Å². The van der Waals surface area contributed by atoms with E-state index in [9.17, 15) is 4.79 Å². The number of pyridine rings is 2. The van der Waals surface area contributed by atoms with E-state index in [-0.39, 0.29) is 18.3 Å². The van der Waals surface area contributed by atoms with Crippen LogP contribution in [0.15, 0.2) is 41.0 Å². The van der Waals surface area contributed by atoms with Crippen molar-refractivity contribution in [1.29, 1.82) is 0 Å². The highest BCUT2D eigenvalue weighted by Gasteiger charge is 2.20. The molecule has 0 spiro atoms. The molecule has 2 aromatic heterocycles. The van der Waals surface area contributed by atoms with Crippen molar-refractivity contribution in [2.45, 2.75) is 27.7 Å². The van der Waals surface area contributed by atoms with Gasteiger partial charge in [-0.15, -0.1) is 12.4 Å². The lowest BCUT2D eigenvalue weighted by molar-refractivity contribution is 0.0774. The van der Waals surface area contributed by atoms with Crippen molar-refractivity contribution in [1.82, 2.24) is 14.9 Å². The molecule has 0 unspecified atom stereocenters. The van der Waals surface area contributed by atoms with Gasteiger partial charge in [-0.2, -0.15) is 0 Å². The number of fused-ring (bicyclic) bond motifs is 1. The van der Waals surface area contributed by atoms with Gasteiger partial charge < -0.3 is 10.2 Å². The predicted molar refractivity (Wildman–Crippen MR) is 121 cm³/mol. The van der Waals surface area contributed by atoms with E-state index in [4.69, 9.17) is 0 Å². The Bertz CT molecular complexity index is 1010.